The van der Waals surface area contributed by atoms with Crippen molar-refractivity contribution in [3.63, 3.8) is 0 Å². The van der Waals surface area contributed by atoms with Crippen LogP contribution in [0.5, 0.6) is 5.75 Å². The molecule has 0 N–H and O–H groups in total. The summed E-state index contributed by atoms with van der Waals surface area (Å²) < 4.78 is 14.8. The van der Waals surface area contributed by atoms with E-state index in [9.17, 15) is 0 Å². The van der Waals surface area contributed by atoms with Gasteiger partial charge in [-0.2, -0.15) is 4.98 Å². The van der Waals surface area contributed by atoms with Crippen LogP contribution in [0, 0.1) is 6.92 Å². The second-order valence-corrected chi connectivity index (χ2v) is 7.25. The molecule has 0 unspecified atom stereocenters. The minimum absolute atomic E-state index is 0.392. The molecular weight excluding hydrogens is 394 g/mol. The van der Waals surface area contributed by atoms with Crippen molar-refractivity contribution >= 4 is 0 Å². The van der Waals surface area contributed by atoms with E-state index in [0.29, 0.717) is 23.8 Å². The summed E-state index contributed by atoms with van der Waals surface area (Å²) in [6.45, 7) is 1.79. The van der Waals surface area contributed by atoms with Crippen molar-refractivity contribution < 1.29 is 9.26 Å². The highest BCUT2D eigenvalue weighted by molar-refractivity contribution is 5.68. The topological polar surface area (TPSA) is 96.7 Å². The number of rotatable bonds is 3. The monoisotopic (exact) mass is 411 g/mol. The fourth-order valence-corrected chi connectivity index (χ4v) is 3.96. The zero-order valence-corrected chi connectivity index (χ0v) is 16.9. The van der Waals surface area contributed by atoms with Crippen molar-refractivity contribution in [2.75, 3.05) is 7.11 Å². The van der Waals surface area contributed by atoms with E-state index in [4.69, 9.17) is 9.26 Å². The lowest BCUT2D eigenvalue weighted by molar-refractivity contribution is 0.414. The summed E-state index contributed by atoms with van der Waals surface area (Å²) in [5.74, 6) is 1.69. The third kappa shape index (κ3) is 2.67. The average molecular weight is 411 g/mol. The first-order valence-electron chi connectivity index (χ1n) is 9.78. The SMILES string of the molecule is COc1ccc2c(c1)-n1nnc(-c3ccccc3)c1Cc1c(-c3nc(C)no3)ncn1-2. The maximum atomic E-state index is 5.47. The molecule has 0 spiro atoms. The van der Waals surface area contributed by atoms with E-state index in [1.54, 1.807) is 20.4 Å². The zero-order valence-electron chi connectivity index (χ0n) is 16.9. The van der Waals surface area contributed by atoms with Crippen LogP contribution >= 0.6 is 0 Å². The van der Waals surface area contributed by atoms with Gasteiger partial charge in [0.25, 0.3) is 5.89 Å². The molecule has 31 heavy (non-hydrogen) atoms. The third-order valence-corrected chi connectivity index (χ3v) is 5.41. The maximum absolute atomic E-state index is 5.47. The normalized spacial score (nSPS) is 12.1. The molecule has 0 saturated carbocycles. The Bertz CT molecular complexity index is 1420. The van der Waals surface area contributed by atoms with Crippen LogP contribution in [0.2, 0.25) is 0 Å². The van der Waals surface area contributed by atoms with Crippen molar-refractivity contribution in [2.24, 2.45) is 0 Å². The molecule has 9 heteroatoms. The standard InChI is InChI=1S/C22H17N7O2/c1-13-24-22(31-26-13)21-18-11-19-20(14-6-4-3-5-7-14)25-27-29(19)17-10-15(30-2)8-9-16(17)28(18)12-23-21/h3-10,12H,11H2,1-2H3. The molecule has 0 saturated heterocycles. The predicted molar refractivity (Wildman–Crippen MR) is 111 cm³/mol. The smallest absolute Gasteiger partial charge is 0.278 e. The molecule has 2 aromatic carbocycles. The summed E-state index contributed by atoms with van der Waals surface area (Å²) in [7, 11) is 1.65. The van der Waals surface area contributed by atoms with Crippen LogP contribution in [0.3, 0.4) is 0 Å². The Morgan fingerprint density at radius 1 is 1.00 bits per heavy atom. The first-order valence-corrected chi connectivity index (χ1v) is 9.78. The van der Waals surface area contributed by atoms with Gasteiger partial charge in [-0.25, -0.2) is 9.67 Å². The van der Waals surface area contributed by atoms with Crippen LogP contribution in [0.1, 0.15) is 17.2 Å². The highest BCUT2D eigenvalue weighted by Gasteiger charge is 2.29. The summed E-state index contributed by atoms with van der Waals surface area (Å²) >= 11 is 0. The number of nitrogens with zero attached hydrogens (tertiary/aromatic N) is 7. The Hall–Kier alpha value is -4.27. The molecular formula is C22H17N7O2. The van der Waals surface area contributed by atoms with Gasteiger partial charge >= 0.3 is 0 Å². The van der Waals surface area contributed by atoms with Crippen molar-refractivity contribution in [1.82, 2.24) is 34.7 Å². The first kappa shape index (κ1) is 17.6. The molecule has 0 atom stereocenters. The molecule has 4 heterocycles. The number of methoxy groups -OCH3 is 1. The van der Waals surface area contributed by atoms with Gasteiger partial charge in [-0.1, -0.05) is 40.7 Å². The summed E-state index contributed by atoms with van der Waals surface area (Å²) in [4.78, 5) is 9.00. The summed E-state index contributed by atoms with van der Waals surface area (Å²) in [6.07, 6.45) is 2.31. The van der Waals surface area contributed by atoms with Gasteiger partial charge in [0.15, 0.2) is 11.5 Å². The van der Waals surface area contributed by atoms with E-state index in [0.717, 1.165) is 39.8 Å². The van der Waals surface area contributed by atoms with Gasteiger partial charge in [-0.15, -0.1) is 5.10 Å². The lowest BCUT2D eigenvalue weighted by atomic mass is 10.1. The third-order valence-electron chi connectivity index (χ3n) is 5.41. The van der Waals surface area contributed by atoms with E-state index in [-0.39, 0.29) is 0 Å². The number of ether oxygens (including phenoxy) is 1. The molecule has 1 aliphatic rings. The summed E-state index contributed by atoms with van der Waals surface area (Å²) in [5, 5.41) is 13.0. The fraction of sp³-hybridized carbons (Fsp3) is 0.136. The lowest BCUT2D eigenvalue weighted by Crippen LogP contribution is -2.04. The molecule has 3 aromatic heterocycles. The van der Waals surface area contributed by atoms with Crippen LogP contribution in [0.25, 0.3) is 34.2 Å². The number of hydrogen-bond acceptors (Lipinski definition) is 7. The van der Waals surface area contributed by atoms with Gasteiger partial charge in [0, 0.05) is 18.1 Å². The number of aromatic nitrogens is 7. The van der Waals surface area contributed by atoms with E-state index in [2.05, 4.69) is 25.4 Å². The van der Waals surface area contributed by atoms with Crippen LogP contribution in [0.4, 0.5) is 0 Å². The molecule has 0 fully saturated rings. The average Bonchev–Trinajstić information content (AvgIpc) is 3.51. The fourth-order valence-electron chi connectivity index (χ4n) is 3.96. The molecule has 5 aromatic rings. The van der Waals surface area contributed by atoms with E-state index >= 15 is 0 Å². The largest absolute Gasteiger partial charge is 0.497 e. The highest BCUT2D eigenvalue weighted by Crippen LogP contribution is 2.36. The lowest BCUT2D eigenvalue weighted by Gasteiger charge is -2.11. The highest BCUT2D eigenvalue weighted by atomic mass is 16.5. The second-order valence-electron chi connectivity index (χ2n) is 7.25. The quantitative estimate of drug-likeness (QED) is 0.440. The van der Waals surface area contributed by atoms with Gasteiger partial charge in [0.05, 0.1) is 29.9 Å². The minimum atomic E-state index is 0.392. The van der Waals surface area contributed by atoms with Gasteiger partial charge in [-0.3, -0.25) is 4.57 Å². The number of benzene rings is 2. The van der Waals surface area contributed by atoms with Crippen molar-refractivity contribution in [2.45, 2.75) is 13.3 Å². The Labute approximate surface area is 176 Å². The molecule has 0 bridgehead atoms. The Kier molecular flexibility index (Phi) is 3.76. The summed E-state index contributed by atoms with van der Waals surface area (Å²) in [5.41, 5.74) is 6.09. The zero-order chi connectivity index (χ0) is 20.9. The molecule has 1 aliphatic heterocycles. The van der Waals surface area contributed by atoms with Gasteiger partial charge in [-0.05, 0) is 19.1 Å². The Morgan fingerprint density at radius 3 is 2.65 bits per heavy atom. The molecule has 9 nitrogen and oxygen atoms in total. The van der Waals surface area contributed by atoms with Crippen LogP contribution < -0.4 is 4.74 Å². The second kappa shape index (κ2) is 6.63. The van der Waals surface area contributed by atoms with E-state index in [1.807, 2.05) is 57.8 Å². The summed E-state index contributed by atoms with van der Waals surface area (Å²) in [6, 6.07) is 15.9. The number of imidazole rings is 1. The van der Waals surface area contributed by atoms with Gasteiger partial charge < -0.3 is 9.26 Å². The van der Waals surface area contributed by atoms with Crippen LogP contribution in [-0.4, -0.2) is 41.8 Å². The molecule has 6 rings (SSSR count). The van der Waals surface area contributed by atoms with E-state index in [1.165, 1.54) is 0 Å². The molecule has 0 radical (unpaired) electrons. The van der Waals surface area contributed by atoms with Crippen molar-refractivity contribution in [3.05, 3.63) is 72.1 Å². The van der Waals surface area contributed by atoms with Gasteiger partial charge in [0.2, 0.25) is 0 Å². The first-order chi connectivity index (χ1) is 15.2. The Morgan fingerprint density at radius 2 is 1.87 bits per heavy atom. The number of fused-ring (bicyclic) bond motifs is 5. The minimum Gasteiger partial charge on any atom is -0.497 e. The van der Waals surface area contributed by atoms with Crippen molar-refractivity contribution in [1.29, 1.82) is 0 Å². The van der Waals surface area contributed by atoms with Crippen molar-refractivity contribution in [3.8, 4) is 40.0 Å². The molecule has 152 valence electrons. The van der Waals surface area contributed by atoms with Gasteiger partial charge in [0.1, 0.15) is 17.8 Å². The predicted octanol–water partition coefficient (Wildman–Crippen LogP) is 3.39. The molecule has 0 amide bonds. The van der Waals surface area contributed by atoms with Crippen LogP contribution in [-0.2, 0) is 6.42 Å². The number of hydrogen-bond donors (Lipinski definition) is 0. The number of aryl methyl sites for hydroxylation is 1. The maximum Gasteiger partial charge on any atom is 0.278 e. The molecule has 0 aliphatic carbocycles. The Balaban J connectivity index is 1.64. The van der Waals surface area contributed by atoms with Crippen LogP contribution in [0.15, 0.2) is 59.4 Å². The van der Waals surface area contributed by atoms with E-state index < -0.39 is 0 Å².